The standard InChI is InChI=1S/C15H16N4O/c1-11-2-3-14-13(10-11)18-15(19(14)8-9-20)17-12-4-6-16-7-5-12/h2-7,10,20H,8-9H2,1H3,(H,16,17,18). The van der Waals surface area contributed by atoms with E-state index in [-0.39, 0.29) is 6.61 Å². The summed E-state index contributed by atoms with van der Waals surface area (Å²) >= 11 is 0. The molecule has 0 saturated heterocycles. The Morgan fingerprint density at radius 3 is 2.75 bits per heavy atom. The highest BCUT2D eigenvalue weighted by molar-refractivity contribution is 5.80. The Morgan fingerprint density at radius 2 is 2.00 bits per heavy atom. The van der Waals surface area contributed by atoms with E-state index in [4.69, 9.17) is 0 Å². The van der Waals surface area contributed by atoms with Gasteiger partial charge in [0.05, 0.1) is 17.6 Å². The minimum absolute atomic E-state index is 0.0738. The van der Waals surface area contributed by atoms with Crippen LogP contribution in [0.25, 0.3) is 11.0 Å². The number of aliphatic hydroxyl groups excluding tert-OH is 1. The SMILES string of the molecule is Cc1ccc2c(c1)nc(Nc1ccncc1)n2CCO. The Balaban J connectivity index is 2.06. The van der Waals surface area contributed by atoms with Gasteiger partial charge in [0.25, 0.3) is 0 Å². The molecule has 0 atom stereocenters. The number of benzene rings is 1. The van der Waals surface area contributed by atoms with E-state index < -0.39 is 0 Å². The van der Waals surface area contributed by atoms with Crippen LogP contribution in [0.3, 0.4) is 0 Å². The van der Waals surface area contributed by atoms with Crippen LogP contribution in [-0.4, -0.2) is 26.2 Å². The van der Waals surface area contributed by atoms with Crippen LogP contribution in [0.15, 0.2) is 42.7 Å². The zero-order valence-electron chi connectivity index (χ0n) is 11.2. The molecule has 1 aromatic carbocycles. The lowest BCUT2D eigenvalue weighted by molar-refractivity contribution is 0.278. The van der Waals surface area contributed by atoms with Gasteiger partial charge >= 0.3 is 0 Å². The second-order valence-electron chi connectivity index (χ2n) is 4.66. The lowest BCUT2D eigenvalue weighted by atomic mass is 10.2. The zero-order chi connectivity index (χ0) is 13.9. The molecule has 0 radical (unpaired) electrons. The Hall–Kier alpha value is -2.40. The Bertz CT molecular complexity index is 721. The molecule has 102 valence electrons. The number of hydrogen-bond donors (Lipinski definition) is 2. The molecule has 0 fully saturated rings. The highest BCUT2D eigenvalue weighted by Crippen LogP contribution is 2.23. The van der Waals surface area contributed by atoms with E-state index in [1.165, 1.54) is 5.56 Å². The molecule has 2 N–H and O–H groups in total. The van der Waals surface area contributed by atoms with Crippen LogP contribution in [0.5, 0.6) is 0 Å². The van der Waals surface area contributed by atoms with Crippen molar-refractivity contribution in [2.45, 2.75) is 13.5 Å². The van der Waals surface area contributed by atoms with Crippen molar-refractivity contribution in [3.8, 4) is 0 Å². The van der Waals surface area contributed by atoms with Gasteiger partial charge in [-0.05, 0) is 36.8 Å². The van der Waals surface area contributed by atoms with Crippen molar-refractivity contribution in [2.24, 2.45) is 0 Å². The molecule has 5 heteroatoms. The van der Waals surface area contributed by atoms with Crippen molar-refractivity contribution in [1.29, 1.82) is 0 Å². The Morgan fingerprint density at radius 1 is 1.20 bits per heavy atom. The molecular formula is C15H16N4O. The predicted molar refractivity (Wildman–Crippen MR) is 79.1 cm³/mol. The van der Waals surface area contributed by atoms with Gasteiger partial charge in [-0.15, -0.1) is 0 Å². The van der Waals surface area contributed by atoms with E-state index in [9.17, 15) is 5.11 Å². The molecule has 0 saturated carbocycles. The number of aliphatic hydroxyl groups is 1. The summed E-state index contributed by atoms with van der Waals surface area (Å²) in [7, 11) is 0. The quantitative estimate of drug-likeness (QED) is 0.763. The maximum Gasteiger partial charge on any atom is 0.208 e. The van der Waals surface area contributed by atoms with Crippen LogP contribution in [0, 0.1) is 6.92 Å². The first kappa shape index (κ1) is 12.6. The second kappa shape index (κ2) is 5.30. The number of rotatable bonds is 4. The minimum Gasteiger partial charge on any atom is -0.395 e. The number of anilines is 2. The fourth-order valence-electron chi connectivity index (χ4n) is 2.23. The smallest absolute Gasteiger partial charge is 0.208 e. The van der Waals surface area contributed by atoms with Gasteiger partial charge in [-0.1, -0.05) is 6.07 Å². The summed E-state index contributed by atoms with van der Waals surface area (Å²) in [6.45, 7) is 2.62. The third kappa shape index (κ3) is 2.35. The molecule has 0 bridgehead atoms. The largest absolute Gasteiger partial charge is 0.395 e. The maximum atomic E-state index is 9.26. The van der Waals surface area contributed by atoms with Gasteiger partial charge in [-0.3, -0.25) is 4.98 Å². The first-order chi connectivity index (χ1) is 9.78. The number of fused-ring (bicyclic) bond motifs is 1. The molecule has 5 nitrogen and oxygen atoms in total. The number of aromatic nitrogens is 3. The molecule has 0 unspecified atom stereocenters. The summed E-state index contributed by atoms with van der Waals surface area (Å²) in [5.74, 6) is 0.728. The molecule has 0 spiro atoms. The minimum atomic E-state index is 0.0738. The van der Waals surface area contributed by atoms with E-state index in [1.807, 2.05) is 41.8 Å². The van der Waals surface area contributed by atoms with Crippen molar-refractivity contribution >= 4 is 22.7 Å². The highest BCUT2D eigenvalue weighted by atomic mass is 16.3. The van der Waals surface area contributed by atoms with Crippen molar-refractivity contribution in [3.05, 3.63) is 48.3 Å². The van der Waals surface area contributed by atoms with E-state index in [2.05, 4.69) is 15.3 Å². The predicted octanol–water partition coefficient (Wildman–Crippen LogP) is 2.48. The average Bonchev–Trinajstić information content (AvgIpc) is 2.77. The average molecular weight is 268 g/mol. The van der Waals surface area contributed by atoms with Gasteiger partial charge in [0.2, 0.25) is 5.95 Å². The third-order valence-electron chi connectivity index (χ3n) is 3.16. The molecule has 0 aliphatic rings. The van der Waals surface area contributed by atoms with E-state index in [0.717, 1.165) is 22.7 Å². The summed E-state index contributed by atoms with van der Waals surface area (Å²) in [6, 6.07) is 9.89. The number of hydrogen-bond acceptors (Lipinski definition) is 4. The first-order valence-corrected chi connectivity index (χ1v) is 6.53. The van der Waals surface area contributed by atoms with Crippen LogP contribution in [0.4, 0.5) is 11.6 Å². The summed E-state index contributed by atoms with van der Waals surface area (Å²) in [5, 5.41) is 12.5. The number of nitrogens with one attached hydrogen (secondary N) is 1. The van der Waals surface area contributed by atoms with Crippen molar-refractivity contribution in [3.63, 3.8) is 0 Å². The van der Waals surface area contributed by atoms with Crippen molar-refractivity contribution in [1.82, 2.24) is 14.5 Å². The fourth-order valence-corrected chi connectivity index (χ4v) is 2.23. The van der Waals surface area contributed by atoms with Gasteiger partial charge in [-0.2, -0.15) is 0 Å². The molecule has 3 aromatic rings. The topological polar surface area (TPSA) is 63.0 Å². The molecule has 0 aliphatic heterocycles. The normalized spacial score (nSPS) is 10.9. The molecular weight excluding hydrogens is 252 g/mol. The summed E-state index contributed by atoms with van der Waals surface area (Å²) < 4.78 is 1.98. The Labute approximate surface area is 116 Å². The van der Waals surface area contributed by atoms with Crippen LogP contribution in [0.2, 0.25) is 0 Å². The lowest BCUT2D eigenvalue weighted by Gasteiger charge is -2.09. The summed E-state index contributed by atoms with van der Waals surface area (Å²) in [5.41, 5.74) is 4.03. The Kier molecular flexibility index (Phi) is 3.35. The third-order valence-corrected chi connectivity index (χ3v) is 3.16. The summed E-state index contributed by atoms with van der Waals surface area (Å²) in [6.07, 6.45) is 3.46. The zero-order valence-corrected chi connectivity index (χ0v) is 11.2. The van der Waals surface area contributed by atoms with Gasteiger partial charge < -0.3 is 15.0 Å². The van der Waals surface area contributed by atoms with E-state index in [1.54, 1.807) is 12.4 Å². The number of nitrogens with zero attached hydrogens (tertiary/aromatic N) is 3. The van der Waals surface area contributed by atoms with Crippen molar-refractivity contribution in [2.75, 3.05) is 11.9 Å². The molecule has 0 amide bonds. The van der Waals surface area contributed by atoms with Crippen LogP contribution in [0.1, 0.15) is 5.56 Å². The van der Waals surface area contributed by atoms with E-state index >= 15 is 0 Å². The van der Waals surface area contributed by atoms with Gasteiger partial charge in [0.15, 0.2) is 0 Å². The van der Waals surface area contributed by atoms with Crippen LogP contribution in [-0.2, 0) is 6.54 Å². The molecule has 3 rings (SSSR count). The summed E-state index contributed by atoms with van der Waals surface area (Å²) in [4.78, 5) is 8.60. The van der Waals surface area contributed by atoms with Crippen LogP contribution < -0.4 is 5.32 Å². The van der Waals surface area contributed by atoms with Crippen LogP contribution >= 0.6 is 0 Å². The monoisotopic (exact) mass is 268 g/mol. The lowest BCUT2D eigenvalue weighted by Crippen LogP contribution is -2.06. The van der Waals surface area contributed by atoms with Gasteiger partial charge in [0.1, 0.15) is 0 Å². The molecule has 0 aliphatic carbocycles. The van der Waals surface area contributed by atoms with E-state index in [0.29, 0.717) is 6.54 Å². The second-order valence-corrected chi connectivity index (χ2v) is 4.66. The van der Waals surface area contributed by atoms with Crippen molar-refractivity contribution < 1.29 is 5.11 Å². The number of aryl methyl sites for hydroxylation is 1. The number of pyridine rings is 1. The highest BCUT2D eigenvalue weighted by Gasteiger charge is 2.10. The van der Waals surface area contributed by atoms with Gasteiger partial charge in [0, 0.05) is 24.6 Å². The number of imidazole rings is 1. The molecule has 2 heterocycles. The molecule has 20 heavy (non-hydrogen) atoms. The first-order valence-electron chi connectivity index (χ1n) is 6.53. The fraction of sp³-hybridized carbons (Fsp3) is 0.200. The molecule has 2 aromatic heterocycles. The maximum absolute atomic E-state index is 9.26. The van der Waals surface area contributed by atoms with Gasteiger partial charge in [-0.25, -0.2) is 4.98 Å².